The van der Waals surface area contributed by atoms with Crippen molar-refractivity contribution in [3.63, 3.8) is 0 Å². The molecule has 6 heteroatoms. The molecule has 0 fully saturated rings. The molecule has 2 aromatic carbocycles. The molecule has 0 saturated carbocycles. The minimum Gasteiger partial charge on any atom is -0.350 e. The van der Waals surface area contributed by atoms with E-state index in [1.165, 1.54) is 17.7 Å². The standard InChI is InChI=1S/C19H23N3O3/c1-13-8-10-15(11-9-13)18(21(3)4)12-20-19(23)16-6-5-7-17(14(16)2)22(24)25/h5-11,18H,12H2,1-4H3,(H,20,23)/t18-/m0/s1. The highest BCUT2D eigenvalue weighted by atomic mass is 16.6. The van der Waals surface area contributed by atoms with Gasteiger partial charge in [0.25, 0.3) is 11.6 Å². The van der Waals surface area contributed by atoms with Crippen LogP contribution in [0.4, 0.5) is 5.69 Å². The maximum Gasteiger partial charge on any atom is 0.273 e. The van der Waals surface area contributed by atoms with Gasteiger partial charge in [0, 0.05) is 23.7 Å². The maximum atomic E-state index is 12.5. The lowest BCUT2D eigenvalue weighted by Crippen LogP contribution is -2.34. The van der Waals surface area contributed by atoms with E-state index >= 15 is 0 Å². The molecule has 2 aromatic rings. The molecule has 0 saturated heterocycles. The molecule has 0 heterocycles. The summed E-state index contributed by atoms with van der Waals surface area (Å²) < 4.78 is 0. The molecule has 132 valence electrons. The Morgan fingerprint density at radius 2 is 1.80 bits per heavy atom. The van der Waals surface area contributed by atoms with Crippen LogP contribution in [0.3, 0.4) is 0 Å². The summed E-state index contributed by atoms with van der Waals surface area (Å²) >= 11 is 0. The van der Waals surface area contributed by atoms with Gasteiger partial charge < -0.3 is 10.2 Å². The number of nitro benzene ring substituents is 1. The van der Waals surface area contributed by atoms with Crippen molar-refractivity contribution >= 4 is 11.6 Å². The van der Waals surface area contributed by atoms with E-state index in [0.717, 1.165) is 5.56 Å². The summed E-state index contributed by atoms with van der Waals surface area (Å²) in [6, 6.07) is 12.7. The number of nitrogens with one attached hydrogen (secondary N) is 1. The van der Waals surface area contributed by atoms with Gasteiger partial charge in [-0.05, 0) is 39.6 Å². The summed E-state index contributed by atoms with van der Waals surface area (Å²) in [5.74, 6) is -0.305. The minimum absolute atomic E-state index is 0.0172. The lowest BCUT2D eigenvalue weighted by molar-refractivity contribution is -0.385. The van der Waals surface area contributed by atoms with Crippen molar-refractivity contribution in [1.82, 2.24) is 10.2 Å². The SMILES string of the molecule is Cc1ccc([C@H](CNC(=O)c2cccc([N+](=O)[O-])c2C)N(C)C)cc1. The predicted octanol–water partition coefficient (Wildman–Crippen LogP) is 3.24. The van der Waals surface area contributed by atoms with Gasteiger partial charge in [-0.15, -0.1) is 0 Å². The van der Waals surface area contributed by atoms with E-state index in [-0.39, 0.29) is 17.6 Å². The molecule has 0 aliphatic carbocycles. The fourth-order valence-electron chi connectivity index (χ4n) is 2.74. The second kappa shape index (κ2) is 7.90. The molecule has 0 bridgehead atoms. The Balaban J connectivity index is 2.16. The Bertz CT molecular complexity index is 770. The van der Waals surface area contributed by atoms with Crippen LogP contribution in [0.25, 0.3) is 0 Å². The van der Waals surface area contributed by atoms with Gasteiger partial charge in [-0.3, -0.25) is 14.9 Å². The summed E-state index contributed by atoms with van der Waals surface area (Å²) in [4.78, 5) is 25.1. The van der Waals surface area contributed by atoms with Crippen LogP contribution in [0.1, 0.15) is 33.1 Å². The summed E-state index contributed by atoms with van der Waals surface area (Å²) in [6.45, 7) is 4.04. The highest BCUT2D eigenvalue weighted by Crippen LogP contribution is 2.22. The maximum absolute atomic E-state index is 12.5. The number of amides is 1. The first-order valence-corrected chi connectivity index (χ1v) is 8.06. The third kappa shape index (κ3) is 4.42. The van der Waals surface area contributed by atoms with Crippen molar-refractivity contribution in [2.75, 3.05) is 20.6 Å². The molecular weight excluding hydrogens is 318 g/mol. The second-order valence-electron chi connectivity index (χ2n) is 6.31. The number of carbonyl (C=O) groups is 1. The van der Waals surface area contributed by atoms with Crippen LogP contribution in [-0.4, -0.2) is 36.4 Å². The molecule has 0 spiro atoms. The number of aryl methyl sites for hydroxylation is 1. The molecule has 6 nitrogen and oxygen atoms in total. The zero-order valence-electron chi connectivity index (χ0n) is 14.9. The Morgan fingerprint density at radius 3 is 2.36 bits per heavy atom. The average molecular weight is 341 g/mol. The van der Waals surface area contributed by atoms with Crippen LogP contribution in [0.2, 0.25) is 0 Å². The number of nitrogens with zero attached hydrogens (tertiary/aromatic N) is 2. The summed E-state index contributed by atoms with van der Waals surface area (Å²) in [5.41, 5.74) is 2.94. The van der Waals surface area contributed by atoms with Crippen molar-refractivity contribution < 1.29 is 9.72 Å². The van der Waals surface area contributed by atoms with Crippen LogP contribution in [-0.2, 0) is 0 Å². The molecule has 0 aliphatic heterocycles. The van der Waals surface area contributed by atoms with E-state index in [1.54, 1.807) is 13.0 Å². The topological polar surface area (TPSA) is 75.5 Å². The molecule has 0 unspecified atom stereocenters. The third-order valence-electron chi connectivity index (χ3n) is 4.29. The molecule has 2 rings (SSSR count). The lowest BCUT2D eigenvalue weighted by Gasteiger charge is -2.25. The zero-order valence-corrected chi connectivity index (χ0v) is 14.9. The highest BCUT2D eigenvalue weighted by Gasteiger charge is 2.20. The van der Waals surface area contributed by atoms with Crippen molar-refractivity contribution in [2.24, 2.45) is 0 Å². The number of rotatable bonds is 6. The highest BCUT2D eigenvalue weighted by molar-refractivity contribution is 5.96. The Hall–Kier alpha value is -2.73. The molecule has 0 radical (unpaired) electrons. The summed E-state index contributed by atoms with van der Waals surface area (Å²) in [6.07, 6.45) is 0. The molecule has 0 aliphatic rings. The van der Waals surface area contributed by atoms with E-state index in [9.17, 15) is 14.9 Å². The smallest absolute Gasteiger partial charge is 0.273 e. The average Bonchev–Trinajstić information content (AvgIpc) is 2.56. The normalized spacial score (nSPS) is 12.0. The molecule has 1 amide bonds. The Morgan fingerprint density at radius 1 is 1.16 bits per heavy atom. The summed E-state index contributed by atoms with van der Waals surface area (Å²) in [5, 5.41) is 13.9. The summed E-state index contributed by atoms with van der Waals surface area (Å²) in [7, 11) is 3.91. The first-order chi connectivity index (χ1) is 11.8. The van der Waals surface area contributed by atoms with Crippen molar-refractivity contribution in [2.45, 2.75) is 19.9 Å². The molecular formula is C19H23N3O3. The fraction of sp³-hybridized carbons (Fsp3) is 0.316. The van der Waals surface area contributed by atoms with Gasteiger partial charge in [-0.25, -0.2) is 0 Å². The zero-order chi connectivity index (χ0) is 18.6. The molecule has 1 atom stereocenters. The van der Waals surface area contributed by atoms with Gasteiger partial charge in [0.2, 0.25) is 0 Å². The lowest BCUT2D eigenvalue weighted by atomic mass is 10.0. The number of hydrogen-bond acceptors (Lipinski definition) is 4. The number of carbonyl (C=O) groups excluding carboxylic acids is 1. The van der Waals surface area contributed by atoms with Gasteiger partial charge in [0.1, 0.15) is 0 Å². The van der Waals surface area contributed by atoms with E-state index in [0.29, 0.717) is 17.7 Å². The predicted molar refractivity (Wildman–Crippen MR) is 97.8 cm³/mol. The van der Waals surface area contributed by atoms with E-state index in [4.69, 9.17) is 0 Å². The second-order valence-corrected chi connectivity index (χ2v) is 6.31. The fourth-order valence-corrected chi connectivity index (χ4v) is 2.74. The van der Waals surface area contributed by atoms with Gasteiger partial charge in [-0.2, -0.15) is 0 Å². The van der Waals surface area contributed by atoms with Crippen LogP contribution in [0, 0.1) is 24.0 Å². The van der Waals surface area contributed by atoms with Crippen LogP contribution in [0.5, 0.6) is 0 Å². The van der Waals surface area contributed by atoms with Crippen LogP contribution < -0.4 is 5.32 Å². The van der Waals surface area contributed by atoms with Gasteiger partial charge in [0.15, 0.2) is 0 Å². The number of likely N-dealkylation sites (N-methyl/N-ethyl adjacent to an activating group) is 1. The molecule has 25 heavy (non-hydrogen) atoms. The largest absolute Gasteiger partial charge is 0.350 e. The Labute approximate surface area is 147 Å². The van der Waals surface area contributed by atoms with Gasteiger partial charge in [-0.1, -0.05) is 35.9 Å². The monoisotopic (exact) mass is 341 g/mol. The first kappa shape index (κ1) is 18.6. The van der Waals surface area contributed by atoms with Gasteiger partial charge in [0.05, 0.1) is 11.0 Å². The van der Waals surface area contributed by atoms with Crippen molar-refractivity contribution in [1.29, 1.82) is 0 Å². The number of nitro groups is 1. The van der Waals surface area contributed by atoms with E-state index < -0.39 is 4.92 Å². The molecule has 1 N–H and O–H groups in total. The number of benzene rings is 2. The quantitative estimate of drug-likeness (QED) is 0.646. The molecule has 0 aromatic heterocycles. The van der Waals surface area contributed by atoms with Crippen molar-refractivity contribution in [3.05, 3.63) is 74.8 Å². The Kier molecular flexibility index (Phi) is 5.88. The van der Waals surface area contributed by atoms with Crippen molar-refractivity contribution in [3.8, 4) is 0 Å². The van der Waals surface area contributed by atoms with E-state index in [2.05, 4.69) is 5.32 Å². The van der Waals surface area contributed by atoms with Crippen LogP contribution in [0.15, 0.2) is 42.5 Å². The first-order valence-electron chi connectivity index (χ1n) is 8.06. The minimum atomic E-state index is -0.471. The number of hydrogen-bond donors (Lipinski definition) is 1. The van der Waals surface area contributed by atoms with Gasteiger partial charge >= 0.3 is 0 Å². The van der Waals surface area contributed by atoms with Crippen LogP contribution >= 0.6 is 0 Å². The van der Waals surface area contributed by atoms with E-state index in [1.807, 2.05) is 50.2 Å². The third-order valence-corrected chi connectivity index (χ3v) is 4.29.